The highest BCUT2D eigenvalue weighted by atomic mass is 19.1. The van der Waals surface area contributed by atoms with Gasteiger partial charge in [-0.2, -0.15) is 5.10 Å². The van der Waals surface area contributed by atoms with Gasteiger partial charge in [-0.15, -0.1) is 9.90 Å². The van der Waals surface area contributed by atoms with Crippen LogP contribution in [0.3, 0.4) is 0 Å². The molecule has 25 heavy (non-hydrogen) atoms. The molecule has 0 amide bonds. The van der Waals surface area contributed by atoms with E-state index in [9.17, 15) is 4.39 Å². The van der Waals surface area contributed by atoms with Crippen LogP contribution in [-0.2, 0) is 0 Å². The number of nitrogens with zero attached hydrogens (tertiary/aromatic N) is 5. The average molecular weight is 333 g/mol. The summed E-state index contributed by atoms with van der Waals surface area (Å²) in [5.41, 5.74) is 1.07. The van der Waals surface area contributed by atoms with E-state index in [1.807, 2.05) is 12.1 Å². The van der Waals surface area contributed by atoms with Crippen molar-refractivity contribution in [2.45, 2.75) is 0 Å². The second-order valence-corrected chi connectivity index (χ2v) is 5.17. The van der Waals surface area contributed by atoms with Crippen LogP contribution < -0.4 is 4.74 Å². The summed E-state index contributed by atoms with van der Waals surface area (Å²) in [4.78, 5) is 9.54. The smallest absolute Gasteiger partial charge is 0.174 e. The fraction of sp³-hybridized carbons (Fsp3) is 0. The number of aromatic nitrogens is 5. The summed E-state index contributed by atoms with van der Waals surface area (Å²) in [6, 6.07) is 13.3. The van der Waals surface area contributed by atoms with Crippen LogP contribution in [0.1, 0.15) is 0 Å². The van der Waals surface area contributed by atoms with Gasteiger partial charge in [0.05, 0.1) is 12.4 Å². The zero-order chi connectivity index (χ0) is 17.1. The topological polar surface area (TPSA) is 65.7 Å². The van der Waals surface area contributed by atoms with Crippen molar-refractivity contribution in [2.24, 2.45) is 0 Å². The highest BCUT2D eigenvalue weighted by molar-refractivity contribution is 5.60. The SMILES string of the molecule is Fc1cc(Oc2cccnc2)cc(-c2cnn(-c3ccccn3)n2)c1. The molecular formula is C18H12FN5O. The number of hydrogen-bond acceptors (Lipinski definition) is 5. The van der Waals surface area contributed by atoms with Crippen molar-refractivity contribution in [3.8, 4) is 28.6 Å². The summed E-state index contributed by atoms with van der Waals surface area (Å²) >= 11 is 0. The molecule has 3 heterocycles. The van der Waals surface area contributed by atoms with Gasteiger partial charge in [-0.25, -0.2) is 9.37 Å². The summed E-state index contributed by atoms with van der Waals surface area (Å²) in [7, 11) is 0. The molecular weight excluding hydrogens is 321 g/mol. The Hall–Kier alpha value is -3.61. The maximum atomic E-state index is 14.0. The van der Waals surface area contributed by atoms with E-state index in [1.54, 1.807) is 49.1 Å². The van der Waals surface area contributed by atoms with Crippen LogP contribution in [-0.4, -0.2) is 25.0 Å². The molecule has 0 radical (unpaired) electrons. The largest absolute Gasteiger partial charge is 0.456 e. The van der Waals surface area contributed by atoms with E-state index in [2.05, 4.69) is 20.2 Å². The van der Waals surface area contributed by atoms with Crippen molar-refractivity contribution < 1.29 is 9.13 Å². The molecule has 0 N–H and O–H groups in total. The molecule has 3 aromatic heterocycles. The number of hydrogen-bond donors (Lipinski definition) is 0. The Balaban J connectivity index is 1.66. The Labute approximate surface area is 142 Å². The first-order valence-electron chi connectivity index (χ1n) is 7.50. The van der Waals surface area contributed by atoms with Gasteiger partial charge in [0.15, 0.2) is 5.82 Å². The molecule has 122 valence electrons. The van der Waals surface area contributed by atoms with Crippen LogP contribution >= 0.6 is 0 Å². The van der Waals surface area contributed by atoms with Crippen LogP contribution in [0.25, 0.3) is 17.1 Å². The second kappa shape index (κ2) is 6.48. The zero-order valence-corrected chi connectivity index (χ0v) is 13.0. The standard InChI is InChI=1S/C18H12FN5O/c19-14-8-13(9-16(10-14)25-15-4-3-6-20-11-15)17-12-22-24(23-17)18-5-1-2-7-21-18/h1-12H. The third kappa shape index (κ3) is 3.35. The molecule has 0 saturated heterocycles. The van der Waals surface area contributed by atoms with E-state index < -0.39 is 5.82 Å². The van der Waals surface area contributed by atoms with Crippen molar-refractivity contribution in [3.05, 3.63) is 79.1 Å². The second-order valence-electron chi connectivity index (χ2n) is 5.17. The lowest BCUT2D eigenvalue weighted by atomic mass is 10.1. The molecule has 0 fully saturated rings. The van der Waals surface area contributed by atoms with Gasteiger partial charge in [-0.1, -0.05) is 6.07 Å². The number of ether oxygens (including phenoxy) is 1. The monoisotopic (exact) mass is 333 g/mol. The molecule has 7 heteroatoms. The Morgan fingerprint density at radius 2 is 1.88 bits per heavy atom. The fourth-order valence-electron chi connectivity index (χ4n) is 2.29. The van der Waals surface area contributed by atoms with Crippen LogP contribution in [0.2, 0.25) is 0 Å². The molecule has 0 aliphatic heterocycles. The highest BCUT2D eigenvalue weighted by Gasteiger charge is 2.10. The van der Waals surface area contributed by atoms with E-state index >= 15 is 0 Å². The highest BCUT2D eigenvalue weighted by Crippen LogP contribution is 2.27. The summed E-state index contributed by atoms with van der Waals surface area (Å²) in [6.45, 7) is 0. The number of rotatable bonds is 4. The summed E-state index contributed by atoms with van der Waals surface area (Å²) < 4.78 is 19.6. The molecule has 4 rings (SSSR count). The third-order valence-corrected chi connectivity index (χ3v) is 3.38. The molecule has 1 aromatic carbocycles. The summed E-state index contributed by atoms with van der Waals surface area (Å²) in [6.07, 6.45) is 6.40. The average Bonchev–Trinajstić information content (AvgIpc) is 3.13. The van der Waals surface area contributed by atoms with Crippen molar-refractivity contribution in [1.29, 1.82) is 0 Å². The minimum atomic E-state index is -0.427. The molecule has 0 atom stereocenters. The maximum Gasteiger partial charge on any atom is 0.174 e. The quantitative estimate of drug-likeness (QED) is 0.570. The number of benzene rings is 1. The van der Waals surface area contributed by atoms with Gasteiger partial charge < -0.3 is 4.74 Å². The Morgan fingerprint density at radius 3 is 2.68 bits per heavy atom. The molecule has 0 saturated carbocycles. The van der Waals surface area contributed by atoms with E-state index in [0.717, 1.165) is 0 Å². The molecule has 0 unspecified atom stereocenters. The van der Waals surface area contributed by atoms with Crippen LogP contribution in [0.4, 0.5) is 4.39 Å². The number of pyridine rings is 2. The Morgan fingerprint density at radius 1 is 0.920 bits per heavy atom. The Bertz CT molecular complexity index is 989. The summed E-state index contributed by atoms with van der Waals surface area (Å²) in [5, 5.41) is 8.52. The van der Waals surface area contributed by atoms with Gasteiger partial charge in [-0.05, 0) is 36.4 Å². The maximum absolute atomic E-state index is 14.0. The molecule has 6 nitrogen and oxygen atoms in total. The summed E-state index contributed by atoms with van der Waals surface area (Å²) in [5.74, 6) is 1.03. The molecule has 0 bridgehead atoms. The predicted molar refractivity (Wildman–Crippen MR) is 88.9 cm³/mol. The van der Waals surface area contributed by atoms with E-state index in [1.165, 1.54) is 16.9 Å². The lowest BCUT2D eigenvalue weighted by Crippen LogP contribution is -2.00. The van der Waals surface area contributed by atoms with Gasteiger partial charge in [0, 0.05) is 24.0 Å². The van der Waals surface area contributed by atoms with Crippen LogP contribution in [0.5, 0.6) is 11.5 Å². The van der Waals surface area contributed by atoms with E-state index in [4.69, 9.17) is 4.74 Å². The zero-order valence-electron chi connectivity index (χ0n) is 13.0. The third-order valence-electron chi connectivity index (χ3n) is 3.38. The van der Waals surface area contributed by atoms with E-state index in [0.29, 0.717) is 28.6 Å². The lowest BCUT2D eigenvalue weighted by Gasteiger charge is -2.06. The predicted octanol–water partition coefficient (Wildman–Crippen LogP) is 3.66. The van der Waals surface area contributed by atoms with Crippen molar-refractivity contribution in [1.82, 2.24) is 25.0 Å². The first kappa shape index (κ1) is 14.9. The van der Waals surface area contributed by atoms with Crippen molar-refractivity contribution in [3.63, 3.8) is 0 Å². The van der Waals surface area contributed by atoms with E-state index in [-0.39, 0.29) is 0 Å². The van der Waals surface area contributed by atoms with Crippen LogP contribution in [0, 0.1) is 5.82 Å². The minimum Gasteiger partial charge on any atom is -0.456 e. The molecule has 0 spiro atoms. The normalized spacial score (nSPS) is 10.6. The molecule has 4 aromatic rings. The minimum absolute atomic E-state index is 0.357. The van der Waals surface area contributed by atoms with Gasteiger partial charge >= 0.3 is 0 Å². The van der Waals surface area contributed by atoms with Gasteiger partial charge in [0.25, 0.3) is 0 Å². The molecule has 0 aliphatic rings. The van der Waals surface area contributed by atoms with Gasteiger partial charge in [0.1, 0.15) is 23.0 Å². The van der Waals surface area contributed by atoms with Gasteiger partial charge in [0.2, 0.25) is 0 Å². The fourth-order valence-corrected chi connectivity index (χ4v) is 2.29. The van der Waals surface area contributed by atoms with Gasteiger partial charge in [-0.3, -0.25) is 4.98 Å². The van der Waals surface area contributed by atoms with Crippen molar-refractivity contribution in [2.75, 3.05) is 0 Å². The first-order chi connectivity index (χ1) is 12.3. The lowest BCUT2D eigenvalue weighted by molar-refractivity contribution is 0.475. The van der Waals surface area contributed by atoms with Crippen LogP contribution in [0.15, 0.2) is 73.3 Å². The van der Waals surface area contributed by atoms with Crippen molar-refractivity contribution >= 4 is 0 Å². The Kier molecular flexibility index (Phi) is 3.88. The number of halogens is 1. The first-order valence-corrected chi connectivity index (χ1v) is 7.50. The molecule has 0 aliphatic carbocycles.